The summed E-state index contributed by atoms with van der Waals surface area (Å²) in [5.74, 6) is -3.28. The Bertz CT molecular complexity index is 321. The Morgan fingerprint density at radius 3 is 2.25 bits per heavy atom. The number of benzene rings is 1. The van der Waals surface area contributed by atoms with Crippen LogP contribution in [0.4, 0.5) is 8.78 Å². The van der Waals surface area contributed by atoms with Crippen LogP contribution in [0.15, 0.2) is 29.2 Å². The van der Waals surface area contributed by atoms with Gasteiger partial charge in [-0.3, -0.25) is 0 Å². The summed E-state index contributed by atoms with van der Waals surface area (Å²) in [6.45, 7) is -1.24. The van der Waals surface area contributed by atoms with E-state index in [1.54, 1.807) is 24.3 Å². The molecular weight excluding hydrogens is 256 g/mol. The summed E-state index contributed by atoms with van der Waals surface area (Å²) >= 11 is 1.52. The van der Waals surface area contributed by atoms with Gasteiger partial charge in [-0.2, -0.15) is 0 Å². The first-order valence-electron chi connectivity index (χ1n) is 4.39. The molecule has 0 amide bonds. The fourth-order valence-electron chi connectivity index (χ4n) is 1.15. The van der Waals surface area contributed by atoms with Crippen LogP contribution in [-0.2, 0) is 0 Å². The molecule has 0 radical (unpaired) electrons. The molecule has 16 heavy (non-hydrogen) atoms. The highest BCUT2D eigenvalue weighted by Gasteiger charge is 2.37. The number of hydrogen-bond donors (Lipinski definition) is 2. The Balaban J connectivity index is 0.00000225. The standard InChI is InChI=1S/C10H13F2NOS.ClH/c1-15-8-4-2-7(3-5-8)9(13)10(11,12)6-14;/h2-5,9,14H,6,13H2,1H3;1H/t9-;/m0./s1. The molecule has 1 aromatic carbocycles. The Morgan fingerprint density at radius 1 is 1.38 bits per heavy atom. The maximum Gasteiger partial charge on any atom is 0.289 e. The number of nitrogens with two attached hydrogens (primary N) is 1. The maximum atomic E-state index is 13.0. The molecule has 0 unspecified atom stereocenters. The molecule has 0 saturated carbocycles. The van der Waals surface area contributed by atoms with E-state index < -0.39 is 18.6 Å². The van der Waals surface area contributed by atoms with Crippen LogP contribution in [0, 0.1) is 0 Å². The van der Waals surface area contributed by atoms with Crippen molar-refractivity contribution in [3.63, 3.8) is 0 Å². The summed E-state index contributed by atoms with van der Waals surface area (Å²) in [5.41, 5.74) is 5.68. The fourth-order valence-corrected chi connectivity index (χ4v) is 1.56. The maximum absolute atomic E-state index is 13.0. The molecule has 0 aliphatic carbocycles. The summed E-state index contributed by atoms with van der Waals surface area (Å²) in [5, 5.41) is 8.49. The highest BCUT2D eigenvalue weighted by molar-refractivity contribution is 7.98. The van der Waals surface area contributed by atoms with Crippen molar-refractivity contribution in [1.29, 1.82) is 0 Å². The number of rotatable bonds is 4. The number of hydrogen-bond acceptors (Lipinski definition) is 3. The van der Waals surface area contributed by atoms with Gasteiger partial charge in [-0.15, -0.1) is 24.2 Å². The van der Waals surface area contributed by atoms with Gasteiger partial charge in [-0.05, 0) is 24.0 Å². The van der Waals surface area contributed by atoms with Gasteiger partial charge >= 0.3 is 0 Å². The first-order valence-corrected chi connectivity index (χ1v) is 5.62. The van der Waals surface area contributed by atoms with E-state index >= 15 is 0 Å². The summed E-state index contributed by atoms with van der Waals surface area (Å²) < 4.78 is 26.1. The molecule has 0 aliphatic heterocycles. The van der Waals surface area contributed by atoms with Gasteiger partial charge in [0.25, 0.3) is 5.92 Å². The topological polar surface area (TPSA) is 46.2 Å². The number of aliphatic hydroxyl groups is 1. The Labute approximate surface area is 104 Å². The quantitative estimate of drug-likeness (QED) is 0.826. The summed E-state index contributed by atoms with van der Waals surface area (Å²) in [4.78, 5) is 0.985. The average molecular weight is 270 g/mol. The van der Waals surface area contributed by atoms with Crippen LogP contribution in [0.25, 0.3) is 0 Å². The molecule has 0 aromatic heterocycles. The normalized spacial score (nSPS) is 13.1. The molecule has 0 spiro atoms. The molecule has 0 heterocycles. The van der Waals surface area contributed by atoms with Crippen LogP contribution < -0.4 is 5.73 Å². The first-order chi connectivity index (χ1) is 7.01. The van der Waals surface area contributed by atoms with Crippen LogP contribution in [0.5, 0.6) is 0 Å². The summed E-state index contributed by atoms with van der Waals surface area (Å²) in [6, 6.07) is 5.11. The minimum absolute atomic E-state index is 0. The van der Waals surface area contributed by atoms with Gasteiger partial charge in [0.05, 0.1) is 6.04 Å². The highest BCUT2D eigenvalue weighted by Crippen LogP contribution is 2.29. The van der Waals surface area contributed by atoms with Crippen LogP contribution in [0.1, 0.15) is 11.6 Å². The van der Waals surface area contributed by atoms with Crippen LogP contribution in [0.2, 0.25) is 0 Å². The number of aliphatic hydroxyl groups excluding tert-OH is 1. The van der Waals surface area contributed by atoms with Gasteiger partial charge in [-0.25, -0.2) is 8.78 Å². The van der Waals surface area contributed by atoms with Crippen molar-refractivity contribution < 1.29 is 13.9 Å². The molecule has 0 aliphatic rings. The Morgan fingerprint density at radius 2 is 1.88 bits per heavy atom. The smallest absolute Gasteiger partial charge is 0.289 e. The largest absolute Gasteiger partial charge is 0.390 e. The van der Waals surface area contributed by atoms with Gasteiger partial charge in [0.2, 0.25) is 0 Å². The second kappa shape index (κ2) is 6.39. The number of alkyl halides is 2. The lowest BCUT2D eigenvalue weighted by atomic mass is 10.0. The molecule has 0 bridgehead atoms. The second-order valence-corrected chi connectivity index (χ2v) is 4.05. The van der Waals surface area contributed by atoms with Gasteiger partial charge in [0.15, 0.2) is 0 Å². The molecule has 92 valence electrons. The zero-order valence-corrected chi connectivity index (χ0v) is 10.3. The Hall–Kier alpha value is -0.360. The predicted molar refractivity (Wildman–Crippen MR) is 64.4 cm³/mol. The third-order valence-corrected chi connectivity index (χ3v) is 2.88. The van der Waals surface area contributed by atoms with E-state index in [1.165, 1.54) is 11.8 Å². The minimum atomic E-state index is -3.28. The first kappa shape index (κ1) is 15.6. The van der Waals surface area contributed by atoms with E-state index in [4.69, 9.17) is 10.8 Å². The van der Waals surface area contributed by atoms with E-state index in [9.17, 15) is 8.78 Å². The van der Waals surface area contributed by atoms with E-state index in [1.807, 2.05) is 6.26 Å². The number of thioether (sulfide) groups is 1. The molecule has 0 fully saturated rings. The lowest BCUT2D eigenvalue weighted by molar-refractivity contribution is -0.0711. The fraction of sp³-hybridized carbons (Fsp3) is 0.400. The lowest BCUT2D eigenvalue weighted by Crippen LogP contribution is -2.36. The predicted octanol–water partition coefficient (Wildman–Crippen LogP) is 2.46. The van der Waals surface area contributed by atoms with Crippen molar-refractivity contribution in [1.82, 2.24) is 0 Å². The molecule has 1 aromatic rings. The van der Waals surface area contributed by atoms with Crippen LogP contribution >= 0.6 is 24.2 Å². The lowest BCUT2D eigenvalue weighted by Gasteiger charge is -2.21. The summed E-state index contributed by atoms with van der Waals surface area (Å²) in [6.07, 6.45) is 1.90. The van der Waals surface area contributed by atoms with E-state index in [2.05, 4.69) is 0 Å². The van der Waals surface area contributed by atoms with Gasteiger partial charge in [0.1, 0.15) is 6.61 Å². The molecule has 6 heteroatoms. The Kier molecular flexibility index (Phi) is 6.25. The zero-order chi connectivity index (χ0) is 11.5. The molecule has 1 rings (SSSR count). The molecular formula is C10H14ClF2NOS. The van der Waals surface area contributed by atoms with Crippen molar-refractivity contribution in [2.75, 3.05) is 12.9 Å². The average Bonchev–Trinajstić information content (AvgIpc) is 2.28. The van der Waals surface area contributed by atoms with Gasteiger partial charge in [-0.1, -0.05) is 12.1 Å². The van der Waals surface area contributed by atoms with Crippen molar-refractivity contribution in [3.8, 4) is 0 Å². The molecule has 2 nitrogen and oxygen atoms in total. The minimum Gasteiger partial charge on any atom is -0.390 e. The molecule has 3 N–H and O–H groups in total. The van der Waals surface area contributed by atoms with E-state index in [-0.39, 0.29) is 12.4 Å². The number of halogens is 3. The van der Waals surface area contributed by atoms with Crippen molar-refractivity contribution >= 4 is 24.2 Å². The second-order valence-electron chi connectivity index (χ2n) is 3.17. The van der Waals surface area contributed by atoms with Crippen molar-refractivity contribution in [2.45, 2.75) is 16.9 Å². The third-order valence-electron chi connectivity index (χ3n) is 2.14. The van der Waals surface area contributed by atoms with E-state index in [0.717, 1.165) is 4.90 Å². The molecule has 1 atom stereocenters. The van der Waals surface area contributed by atoms with Crippen molar-refractivity contribution in [3.05, 3.63) is 29.8 Å². The SMILES string of the molecule is CSc1ccc([C@H](N)C(F)(F)CO)cc1.Cl. The highest BCUT2D eigenvalue weighted by atomic mass is 35.5. The van der Waals surface area contributed by atoms with Gasteiger partial charge < -0.3 is 10.8 Å². The van der Waals surface area contributed by atoms with Crippen molar-refractivity contribution in [2.24, 2.45) is 5.73 Å². The third kappa shape index (κ3) is 3.59. The monoisotopic (exact) mass is 269 g/mol. The zero-order valence-electron chi connectivity index (χ0n) is 8.69. The summed E-state index contributed by atoms with van der Waals surface area (Å²) in [7, 11) is 0. The molecule has 0 saturated heterocycles. The van der Waals surface area contributed by atoms with Gasteiger partial charge in [0, 0.05) is 4.90 Å². The van der Waals surface area contributed by atoms with Crippen LogP contribution in [-0.4, -0.2) is 23.9 Å². The van der Waals surface area contributed by atoms with Crippen LogP contribution in [0.3, 0.4) is 0 Å². The van der Waals surface area contributed by atoms with E-state index in [0.29, 0.717) is 5.56 Å².